The smallest absolute Gasteiger partial charge is 0.110 e. The third-order valence-electron chi connectivity index (χ3n) is 5.39. The van der Waals surface area contributed by atoms with Crippen LogP contribution in [0.5, 0.6) is 0 Å². The van der Waals surface area contributed by atoms with Crippen LogP contribution in [-0.2, 0) is 13.0 Å². The molecule has 21 heavy (non-hydrogen) atoms. The van der Waals surface area contributed by atoms with Crippen LogP contribution in [0.3, 0.4) is 0 Å². The number of aromatic nitrogens is 2. The highest BCUT2D eigenvalue weighted by atomic mass is 15.2. The van der Waals surface area contributed by atoms with E-state index in [1.54, 1.807) is 0 Å². The maximum Gasteiger partial charge on any atom is 0.110 e. The van der Waals surface area contributed by atoms with Crippen LogP contribution in [0.4, 0.5) is 0 Å². The van der Waals surface area contributed by atoms with Crippen molar-refractivity contribution in [3.8, 4) is 0 Å². The van der Waals surface area contributed by atoms with Crippen LogP contribution < -0.4 is 5.73 Å². The Kier molecular flexibility index (Phi) is 5.44. The van der Waals surface area contributed by atoms with E-state index in [1.165, 1.54) is 25.7 Å². The molecule has 1 fully saturated rings. The number of nitrogens with zero attached hydrogens (tertiary/aromatic N) is 3. The molecule has 4 nitrogen and oxygen atoms in total. The molecule has 1 saturated carbocycles. The number of aryl methyl sites for hydroxylation is 1. The van der Waals surface area contributed by atoms with Crippen LogP contribution in [0.25, 0.3) is 0 Å². The van der Waals surface area contributed by atoms with E-state index < -0.39 is 0 Å². The van der Waals surface area contributed by atoms with Crippen LogP contribution in [-0.4, -0.2) is 40.1 Å². The number of imidazole rings is 1. The van der Waals surface area contributed by atoms with Gasteiger partial charge in [-0.2, -0.15) is 0 Å². The lowest BCUT2D eigenvalue weighted by atomic mass is 9.71. The second-order valence-electron chi connectivity index (χ2n) is 7.03. The number of hydrogen-bond acceptors (Lipinski definition) is 3. The molecule has 1 unspecified atom stereocenters. The topological polar surface area (TPSA) is 47.1 Å². The van der Waals surface area contributed by atoms with E-state index in [9.17, 15) is 0 Å². The third kappa shape index (κ3) is 3.49. The summed E-state index contributed by atoms with van der Waals surface area (Å²) >= 11 is 0. The molecule has 1 atom stereocenters. The zero-order valence-electron chi connectivity index (χ0n) is 14.2. The summed E-state index contributed by atoms with van der Waals surface area (Å²) in [5.74, 6) is 1.98. The van der Waals surface area contributed by atoms with Crippen LogP contribution in [0.2, 0.25) is 0 Å². The van der Waals surface area contributed by atoms with Crippen LogP contribution >= 0.6 is 0 Å². The standard InChI is InChI=1S/C17H32N4/c1-5-11-21-12-10-19-16(21)13-15(18)17(20(3)4)8-6-14(2)7-9-17/h10,12,14-15H,5-9,11,13,18H2,1-4H3. The highest BCUT2D eigenvalue weighted by molar-refractivity contribution is 5.05. The van der Waals surface area contributed by atoms with E-state index in [-0.39, 0.29) is 11.6 Å². The van der Waals surface area contributed by atoms with Gasteiger partial charge in [0.2, 0.25) is 0 Å². The Morgan fingerprint density at radius 2 is 2.10 bits per heavy atom. The fourth-order valence-corrected chi connectivity index (χ4v) is 3.77. The highest BCUT2D eigenvalue weighted by Crippen LogP contribution is 2.37. The molecular formula is C17H32N4. The molecule has 0 aromatic carbocycles. The average molecular weight is 292 g/mol. The summed E-state index contributed by atoms with van der Waals surface area (Å²) in [5.41, 5.74) is 6.83. The Morgan fingerprint density at radius 1 is 1.43 bits per heavy atom. The second kappa shape index (κ2) is 6.93. The third-order valence-corrected chi connectivity index (χ3v) is 5.39. The summed E-state index contributed by atoms with van der Waals surface area (Å²) in [7, 11) is 4.38. The maximum absolute atomic E-state index is 6.69. The normalized spacial score (nSPS) is 28.0. The molecule has 1 aliphatic carbocycles. The van der Waals surface area contributed by atoms with Crippen LogP contribution in [0, 0.1) is 5.92 Å². The van der Waals surface area contributed by atoms with Crippen molar-refractivity contribution in [1.29, 1.82) is 0 Å². The SMILES string of the molecule is CCCn1ccnc1CC(N)C1(N(C)C)CCC(C)CC1. The molecule has 0 saturated heterocycles. The summed E-state index contributed by atoms with van der Waals surface area (Å²) in [6.07, 6.45) is 11.0. The van der Waals surface area contributed by atoms with Crippen molar-refractivity contribution in [3.63, 3.8) is 0 Å². The first kappa shape index (κ1) is 16.5. The molecule has 2 N–H and O–H groups in total. The lowest BCUT2D eigenvalue weighted by Crippen LogP contribution is -2.60. The number of hydrogen-bond donors (Lipinski definition) is 1. The fraction of sp³-hybridized carbons (Fsp3) is 0.824. The minimum absolute atomic E-state index is 0.134. The van der Waals surface area contributed by atoms with Gasteiger partial charge in [0.1, 0.15) is 5.82 Å². The predicted octanol–water partition coefficient (Wildman–Crippen LogP) is 2.67. The summed E-state index contributed by atoms with van der Waals surface area (Å²) in [4.78, 5) is 6.91. The molecule has 0 aliphatic heterocycles. The molecule has 2 rings (SSSR count). The minimum atomic E-state index is 0.134. The number of rotatable bonds is 6. The Balaban J connectivity index is 2.12. The summed E-state index contributed by atoms with van der Waals surface area (Å²) in [6.45, 7) is 5.60. The van der Waals surface area contributed by atoms with Crippen molar-refractivity contribution in [1.82, 2.24) is 14.5 Å². The zero-order chi connectivity index (χ0) is 15.5. The first-order valence-corrected chi connectivity index (χ1v) is 8.42. The fourth-order valence-electron chi connectivity index (χ4n) is 3.77. The van der Waals surface area contributed by atoms with Gasteiger partial charge in [0.25, 0.3) is 0 Å². The lowest BCUT2D eigenvalue weighted by molar-refractivity contribution is 0.0559. The van der Waals surface area contributed by atoms with Crippen molar-refractivity contribution < 1.29 is 0 Å². The minimum Gasteiger partial charge on any atom is -0.335 e. The monoisotopic (exact) mass is 292 g/mol. The zero-order valence-corrected chi connectivity index (χ0v) is 14.2. The van der Waals surface area contributed by atoms with E-state index in [4.69, 9.17) is 5.73 Å². The number of nitrogens with two attached hydrogens (primary N) is 1. The molecule has 0 bridgehead atoms. The molecule has 4 heteroatoms. The van der Waals surface area contributed by atoms with Crippen molar-refractivity contribution >= 4 is 0 Å². The molecule has 0 amide bonds. The molecule has 1 aromatic rings. The van der Waals surface area contributed by atoms with Gasteiger partial charge in [-0.1, -0.05) is 13.8 Å². The molecule has 1 heterocycles. The van der Waals surface area contributed by atoms with Crippen molar-refractivity contribution in [2.75, 3.05) is 14.1 Å². The van der Waals surface area contributed by atoms with Gasteiger partial charge in [0.05, 0.1) is 0 Å². The molecule has 0 radical (unpaired) electrons. The maximum atomic E-state index is 6.69. The van der Waals surface area contributed by atoms with Gasteiger partial charge in [-0.05, 0) is 52.1 Å². The molecule has 1 aliphatic rings. The highest BCUT2D eigenvalue weighted by Gasteiger charge is 2.41. The Bertz CT molecular complexity index is 430. The molecule has 120 valence electrons. The Labute approximate surface area is 129 Å². The largest absolute Gasteiger partial charge is 0.335 e. The van der Waals surface area contributed by atoms with Crippen LogP contribution in [0.1, 0.15) is 51.8 Å². The van der Waals surface area contributed by atoms with E-state index >= 15 is 0 Å². The molecule has 1 aromatic heterocycles. The van der Waals surface area contributed by atoms with Gasteiger partial charge in [0.15, 0.2) is 0 Å². The van der Waals surface area contributed by atoms with Crippen LogP contribution in [0.15, 0.2) is 12.4 Å². The summed E-state index contributed by atoms with van der Waals surface area (Å²) in [6, 6.07) is 0.151. The van der Waals surface area contributed by atoms with Crippen molar-refractivity contribution in [2.24, 2.45) is 11.7 Å². The van der Waals surface area contributed by atoms with Gasteiger partial charge in [-0.25, -0.2) is 4.98 Å². The molecule has 0 spiro atoms. The van der Waals surface area contributed by atoms with Gasteiger partial charge in [0, 0.05) is 36.9 Å². The lowest BCUT2D eigenvalue weighted by Gasteiger charge is -2.48. The predicted molar refractivity (Wildman–Crippen MR) is 88.2 cm³/mol. The Morgan fingerprint density at radius 3 is 2.67 bits per heavy atom. The van der Waals surface area contributed by atoms with Crippen molar-refractivity contribution in [3.05, 3.63) is 18.2 Å². The molecular weight excluding hydrogens is 260 g/mol. The number of likely N-dealkylation sites (N-methyl/N-ethyl adjacent to an activating group) is 1. The average Bonchev–Trinajstić information content (AvgIpc) is 2.87. The van der Waals surface area contributed by atoms with E-state index in [0.717, 1.165) is 31.1 Å². The summed E-state index contributed by atoms with van der Waals surface area (Å²) < 4.78 is 2.26. The van der Waals surface area contributed by atoms with E-state index in [1.807, 2.05) is 6.20 Å². The van der Waals surface area contributed by atoms with Gasteiger partial charge < -0.3 is 15.2 Å². The van der Waals surface area contributed by atoms with Crippen molar-refractivity contribution in [2.45, 2.75) is 70.5 Å². The van der Waals surface area contributed by atoms with Gasteiger partial charge >= 0.3 is 0 Å². The first-order chi connectivity index (χ1) is 9.99. The Hall–Kier alpha value is -0.870. The quantitative estimate of drug-likeness (QED) is 0.877. The first-order valence-electron chi connectivity index (χ1n) is 8.42. The summed E-state index contributed by atoms with van der Waals surface area (Å²) in [5, 5.41) is 0. The second-order valence-corrected chi connectivity index (χ2v) is 7.03. The van der Waals surface area contributed by atoms with E-state index in [2.05, 4.69) is 48.6 Å². The van der Waals surface area contributed by atoms with Gasteiger partial charge in [-0.3, -0.25) is 0 Å². The van der Waals surface area contributed by atoms with E-state index in [0.29, 0.717) is 0 Å². The van der Waals surface area contributed by atoms with Gasteiger partial charge in [-0.15, -0.1) is 0 Å².